The maximum Gasteiger partial charge on any atom is 0.433 e. The molecule has 3 rings (SSSR count). The van der Waals surface area contributed by atoms with Crippen LogP contribution < -0.4 is 0 Å². The summed E-state index contributed by atoms with van der Waals surface area (Å²) in [7, 11) is 0. The van der Waals surface area contributed by atoms with Crippen molar-refractivity contribution in [2.75, 3.05) is 25.5 Å². The molecule has 4 nitrogen and oxygen atoms in total. The number of nitrogens with zero attached hydrogens (tertiary/aromatic N) is 3. The zero-order valence-electron chi connectivity index (χ0n) is 13.7. The Kier molecular flexibility index (Phi) is 5.36. The van der Waals surface area contributed by atoms with Crippen molar-refractivity contribution in [3.05, 3.63) is 18.1 Å². The predicted octanol–water partition coefficient (Wildman–Crippen LogP) is 3.62. The van der Waals surface area contributed by atoms with Crippen LogP contribution in [-0.4, -0.2) is 52.0 Å². The number of hydrogen-bond acceptors (Lipinski definition) is 5. The number of rotatable bonds is 6. The van der Waals surface area contributed by atoms with Gasteiger partial charge in [-0.2, -0.15) is 13.2 Å². The maximum absolute atomic E-state index is 12.7. The third kappa shape index (κ3) is 3.70. The molecule has 24 heavy (non-hydrogen) atoms. The van der Waals surface area contributed by atoms with E-state index in [1.54, 1.807) is 0 Å². The molecule has 8 heteroatoms. The molecule has 2 aliphatic rings. The van der Waals surface area contributed by atoms with Gasteiger partial charge in [-0.15, -0.1) is 11.8 Å². The van der Waals surface area contributed by atoms with Crippen LogP contribution >= 0.6 is 11.8 Å². The number of aromatic nitrogens is 2. The Morgan fingerprint density at radius 3 is 2.96 bits per heavy atom. The van der Waals surface area contributed by atoms with Gasteiger partial charge in [0.2, 0.25) is 0 Å². The molecule has 1 aromatic heterocycles. The molecule has 0 aliphatic carbocycles. The minimum atomic E-state index is -4.42. The van der Waals surface area contributed by atoms with Crippen LogP contribution in [0, 0.1) is 0 Å². The second-order valence-electron chi connectivity index (χ2n) is 6.40. The number of alkyl halides is 3. The quantitative estimate of drug-likeness (QED) is 0.572. The zero-order valence-corrected chi connectivity index (χ0v) is 14.5. The highest BCUT2D eigenvalue weighted by Gasteiger charge is 2.49. The first kappa shape index (κ1) is 17.9. The zero-order chi connectivity index (χ0) is 17.2. The second-order valence-corrected chi connectivity index (χ2v) is 7.44. The minimum absolute atomic E-state index is 0.143. The summed E-state index contributed by atoms with van der Waals surface area (Å²) in [6.07, 6.45) is 1.06. The molecule has 2 aliphatic heterocycles. The van der Waals surface area contributed by atoms with Gasteiger partial charge in [-0.1, -0.05) is 0 Å². The van der Waals surface area contributed by atoms with Crippen LogP contribution in [0.2, 0.25) is 0 Å². The minimum Gasteiger partial charge on any atom is -0.380 e. The van der Waals surface area contributed by atoms with Gasteiger partial charge in [-0.3, -0.25) is 4.90 Å². The Balaban J connectivity index is 1.62. The number of fused-ring (bicyclic) bond motifs is 1. The predicted molar refractivity (Wildman–Crippen MR) is 85.9 cm³/mol. The van der Waals surface area contributed by atoms with Gasteiger partial charge in [0.15, 0.2) is 0 Å². The van der Waals surface area contributed by atoms with E-state index in [0.717, 1.165) is 57.2 Å². The molecule has 134 valence electrons. The molecular weight excluding hydrogens is 339 g/mol. The summed E-state index contributed by atoms with van der Waals surface area (Å²) in [6.45, 7) is 4.54. The first-order valence-corrected chi connectivity index (χ1v) is 9.30. The number of hydrogen-bond donors (Lipinski definition) is 0. The van der Waals surface area contributed by atoms with Gasteiger partial charge in [-0.25, -0.2) is 9.97 Å². The van der Waals surface area contributed by atoms with Gasteiger partial charge in [0.25, 0.3) is 0 Å². The second kappa shape index (κ2) is 7.17. The lowest BCUT2D eigenvalue weighted by molar-refractivity contribution is -0.141. The van der Waals surface area contributed by atoms with Crippen molar-refractivity contribution in [2.24, 2.45) is 0 Å². The summed E-state index contributed by atoms with van der Waals surface area (Å²) < 4.78 is 43.9. The molecular formula is C16H22F3N3OS. The monoisotopic (exact) mass is 361 g/mol. The highest BCUT2D eigenvalue weighted by Crippen LogP contribution is 2.44. The van der Waals surface area contributed by atoms with E-state index in [9.17, 15) is 13.2 Å². The molecule has 0 aromatic carbocycles. The fraction of sp³-hybridized carbons (Fsp3) is 0.750. The van der Waals surface area contributed by atoms with E-state index < -0.39 is 11.9 Å². The van der Waals surface area contributed by atoms with E-state index in [4.69, 9.17) is 4.74 Å². The van der Waals surface area contributed by atoms with Crippen molar-refractivity contribution < 1.29 is 17.9 Å². The molecule has 0 radical (unpaired) electrons. The molecule has 0 amide bonds. The molecule has 0 spiro atoms. The van der Waals surface area contributed by atoms with Crippen LogP contribution in [0.4, 0.5) is 13.2 Å². The van der Waals surface area contributed by atoms with Gasteiger partial charge in [0.05, 0.1) is 6.61 Å². The Morgan fingerprint density at radius 2 is 2.21 bits per heavy atom. The van der Waals surface area contributed by atoms with Crippen LogP contribution in [0.5, 0.6) is 0 Å². The lowest BCUT2D eigenvalue weighted by atomic mass is 9.95. The summed E-state index contributed by atoms with van der Waals surface area (Å²) in [6, 6.07) is 1.42. The number of ether oxygens (including phenoxy) is 1. The van der Waals surface area contributed by atoms with Crippen LogP contribution in [0.3, 0.4) is 0 Å². The van der Waals surface area contributed by atoms with E-state index in [1.807, 2.05) is 6.92 Å². The summed E-state index contributed by atoms with van der Waals surface area (Å²) in [5.41, 5.74) is -0.734. The molecule has 2 fully saturated rings. The molecule has 1 aromatic rings. The van der Waals surface area contributed by atoms with Gasteiger partial charge in [0, 0.05) is 30.0 Å². The first-order valence-electron chi connectivity index (χ1n) is 8.31. The smallest absolute Gasteiger partial charge is 0.380 e. The Labute approximate surface area is 144 Å². The van der Waals surface area contributed by atoms with Crippen molar-refractivity contribution in [3.8, 4) is 0 Å². The molecule has 2 saturated heterocycles. The summed E-state index contributed by atoms with van der Waals surface area (Å²) in [5.74, 6) is 0.752. The third-order valence-electron chi connectivity index (χ3n) is 4.97. The molecule has 2 unspecified atom stereocenters. The van der Waals surface area contributed by atoms with E-state index in [0.29, 0.717) is 11.1 Å². The molecule has 0 saturated carbocycles. The van der Waals surface area contributed by atoms with Crippen LogP contribution in [0.1, 0.15) is 38.3 Å². The average molecular weight is 361 g/mol. The van der Waals surface area contributed by atoms with E-state index in [1.165, 1.54) is 18.2 Å². The normalized spacial score (nSPS) is 27.6. The van der Waals surface area contributed by atoms with Gasteiger partial charge < -0.3 is 4.74 Å². The van der Waals surface area contributed by atoms with Crippen molar-refractivity contribution in [1.29, 1.82) is 0 Å². The summed E-state index contributed by atoms with van der Waals surface area (Å²) in [5, 5.41) is 0.388. The Bertz CT molecular complexity index is 572. The van der Waals surface area contributed by atoms with Crippen molar-refractivity contribution in [1.82, 2.24) is 14.9 Å². The Morgan fingerprint density at radius 1 is 1.38 bits per heavy atom. The van der Waals surface area contributed by atoms with Crippen LogP contribution in [-0.2, 0) is 10.9 Å². The molecule has 0 bridgehead atoms. The van der Waals surface area contributed by atoms with Crippen molar-refractivity contribution in [2.45, 2.75) is 55.4 Å². The standard InChI is InChI=1S/C16H22F3N3OS/c1-2-23-10-15-5-3-7-22(15)12(4-6-15)9-24-14-8-13(16(17,18)19)20-11-21-14/h8,11-12H,2-7,9-10H2,1H3. The van der Waals surface area contributed by atoms with E-state index in [2.05, 4.69) is 14.9 Å². The largest absolute Gasteiger partial charge is 0.433 e. The lowest BCUT2D eigenvalue weighted by Crippen LogP contribution is -2.46. The number of thioether (sulfide) groups is 1. The fourth-order valence-electron chi connectivity index (χ4n) is 3.84. The third-order valence-corrected chi connectivity index (χ3v) is 6.04. The summed E-state index contributed by atoms with van der Waals surface area (Å²) in [4.78, 5) is 9.80. The van der Waals surface area contributed by atoms with Gasteiger partial charge in [0.1, 0.15) is 17.0 Å². The van der Waals surface area contributed by atoms with Crippen molar-refractivity contribution in [3.63, 3.8) is 0 Å². The maximum atomic E-state index is 12.7. The Hall–Kier alpha value is -0.860. The molecule has 2 atom stereocenters. The SMILES string of the molecule is CCOCC12CCCN1C(CSc1cc(C(F)(F)F)ncn1)CC2. The number of halogens is 3. The summed E-state index contributed by atoms with van der Waals surface area (Å²) >= 11 is 1.39. The van der Waals surface area contributed by atoms with Crippen LogP contribution in [0.15, 0.2) is 17.4 Å². The fourth-order valence-corrected chi connectivity index (χ4v) is 4.86. The molecule has 0 N–H and O–H groups in total. The van der Waals surface area contributed by atoms with Crippen molar-refractivity contribution >= 4 is 11.8 Å². The molecule has 3 heterocycles. The lowest BCUT2D eigenvalue weighted by Gasteiger charge is -2.34. The van der Waals surface area contributed by atoms with Crippen LogP contribution in [0.25, 0.3) is 0 Å². The average Bonchev–Trinajstić information content (AvgIpc) is 3.10. The van der Waals surface area contributed by atoms with E-state index in [-0.39, 0.29) is 5.54 Å². The first-order chi connectivity index (χ1) is 11.4. The van der Waals surface area contributed by atoms with Gasteiger partial charge in [-0.05, 0) is 39.2 Å². The topological polar surface area (TPSA) is 38.2 Å². The van der Waals surface area contributed by atoms with Gasteiger partial charge >= 0.3 is 6.18 Å². The highest BCUT2D eigenvalue weighted by atomic mass is 32.2. The van der Waals surface area contributed by atoms with E-state index >= 15 is 0 Å². The highest BCUT2D eigenvalue weighted by molar-refractivity contribution is 7.99.